The number of nitrogens with zero attached hydrogens (tertiary/aromatic N) is 1. The van der Waals surface area contributed by atoms with Gasteiger partial charge >= 0.3 is 5.97 Å². The first kappa shape index (κ1) is 20.2. The molecule has 0 saturated carbocycles. The number of benzene rings is 1. The van der Waals surface area contributed by atoms with Gasteiger partial charge in [0.15, 0.2) is 0 Å². The monoisotopic (exact) mass is 355 g/mol. The van der Waals surface area contributed by atoms with Gasteiger partial charge < -0.3 is 9.84 Å². The molecular formula is C17H25NO5S. The van der Waals surface area contributed by atoms with E-state index in [-0.39, 0.29) is 21.6 Å². The van der Waals surface area contributed by atoms with Gasteiger partial charge in [0.2, 0.25) is 10.0 Å². The highest BCUT2D eigenvalue weighted by Gasteiger charge is 2.28. The van der Waals surface area contributed by atoms with Crippen molar-refractivity contribution in [3.05, 3.63) is 36.4 Å². The lowest BCUT2D eigenvalue weighted by Gasteiger charge is -2.29. The molecule has 7 heteroatoms. The fourth-order valence-electron chi connectivity index (χ4n) is 2.39. The number of sulfonamides is 1. The van der Waals surface area contributed by atoms with Crippen molar-refractivity contribution < 1.29 is 23.1 Å². The van der Waals surface area contributed by atoms with Gasteiger partial charge in [-0.2, -0.15) is 0 Å². The number of rotatable bonds is 8. The Labute approximate surface area is 143 Å². The summed E-state index contributed by atoms with van der Waals surface area (Å²) in [6.07, 6.45) is 3.41. The Morgan fingerprint density at radius 1 is 1.42 bits per heavy atom. The molecule has 0 saturated heterocycles. The van der Waals surface area contributed by atoms with Crippen molar-refractivity contribution in [2.24, 2.45) is 5.41 Å². The van der Waals surface area contributed by atoms with E-state index in [9.17, 15) is 18.3 Å². The third-order valence-corrected chi connectivity index (χ3v) is 5.56. The third kappa shape index (κ3) is 4.82. The molecule has 0 aliphatic rings. The molecule has 134 valence electrons. The molecule has 0 fully saturated rings. The van der Waals surface area contributed by atoms with Crippen LogP contribution >= 0.6 is 0 Å². The van der Waals surface area contributed by atoms with Crippen LogP contribution in [0, 0.1) is 5.41 Å². The number of phenolic OH excluding ortho intramolecular Hbond substituents is 1. The van der Waals surface area contributed by atoms with Crippen LogP contribution in [0.5, 0.6) is 5.75 Å². The molecule has 0 unspecified atom stereocenters. The maximum Gasteiger partial charge on any atom is 0.341 e. The second kappa shape index (κ2) is 7.81. The largest absolute Gasteiger partial charge is 0.507 e. The molecule has 6 nitrogen and oxygen atoms in total. The molecule has 0 aromatic heterocycles. The minimum atomic E-state index is -3.79. The van der Waals surface area contributed by atoms with Crippen molar-refractivity contribution >= 4 is 16.0 Å². The number of phenols is 1. The smallest absolute Gasteiger partial charge is 0.341 e. The van der Waals surface area contributed by atoms with Crippen molar-refractivity contribution in [1.82, 2.24) is 4.31 Å². The highest BCUT2D eigenvalue weighted by Crippen LogP contribution is 2.28. The molecule has 0 atom stereocenters. The number of aromatic hydroxyl groups is 1. The van der Waals surface area contributed by atoms with Gasteiger partial charge in [0.1, 0.15) is 11.3 Å². The van der Waals surface area contributed by atoms with E-state index in [4.69, 9.17) is 0 Å². The molecule has 0 aliphatic heterocycles. The van der Waals surface area contributed by atoms with Crippen molar-refractivity contribution in [2.75, 3.05) is 20.7 Å². The Hall–Kier alpha value is -1.86. The predicted octanol–water partition coefficient (Wildman–Crippen LogP) is 2.79. The zero-order valence-electron chi connectivity index (χ0n) is 14.6. The number of methoxy groups -OCH3 is 1. The highest BCUT2D eigenvalue weighted by atomic mass is 32.2. The first-order chi connectivity index (χ1) is 11.0. The van der Waals surface area contributed by atoms with E-state index in [2.05, 4.69) is 11.3 Å². The van der Waals surface area contributed by atoms with Crippen LogP contribution in [0.25, 0.3) is 0 Å². The Bertz CT molecular complexity index is 710. The predicted molar refractivity (Wildman–Crippen MR) is 92.5 cm³/mol. The fraction of sp³-hybridized carbons (Fsp3) is 0.471. The molecule has 1 aromatic rings. The van der Waals surface area contributed by atoms with E-state index in [1.54, 1.807) is 6.08 Å². The first-order valence-corrected chi connectivity index (χ1v) is 8.98. The summed E-state index contributed by atoms with van der Waals surface area (Å²) in [4.78, 5) is 11.6. The molecule has 1 N–H and O–H groups in total. The molecule has 0 heterocycles. The van der Waals surface area contributed by atoms with Gasteiger partial charge in [-0.1, -0.05) is 19.9 Å². The summed E-state index contributed by atoms with van der Waals surface area (Å²) in [6.45, 7) is 7.97. The van der Waals surface area contributed by atoms with Gasteiger partial charge in [-0.3, -0.25) is 0 Å². The average Bonchev–Trinajstić information content (AvgIpc) is 2.52. The second-order valence-electron chi connectivity index (χ2n) is 6.42. The molecule has 24 heavy (non-hydrogen) atoms. The summed E-state index contributed by atoms with van der Waals surface area (Å²) < 4.78 is 31.3. The maximum atomic E-state index is 12.7. The van der Waals surface area contributed by atoms with Crippen molar-refractivity contribution in [1.29, 1.82) is 0 Å². The minimum Gasteiger partial charge on any atom is -0.507 e. The number of hydrogen-bond donors (Lipinski definition) is 1. The summed E-state index contributed by atoms with van der Waals surface area (Å²) in [5.41, 5.74) is -0.407. The molecular weight excluding hydrogens is 330 g/mol. The average molecular weight is 355 g/mol. The standard InChI is InChI=1S/C17H25NO5S/c1-6-7-10-17(2,3)12-18(4)24(21,22)13-8-9-15(19)14(11-13)16(20)23-5/h6,8-9,11,19H,1,7,10,12H2,2-5H3. The fourth-order valence-corrected chi connectivity index (χ4v) is 3.77. The molecule has 1 aromatic carbocycles. The van der Waals surface area contributed by atoms with Crippen LogP contribution in [0.4, 0.5) is 0 Å². The number of ether oxygens (including phenoxy) is 1. The minimum absolute atomic E-state index is 0.0669. The number of allylic oxidation sites excluding steroid dienone is 1. The normalized spacial score (nSPS) is 12.2. The quantitative estimate of drug-likeness (QED) is 0.572. The number of carbonyl (C=O) groups excluding carboxylic acids is 1. The van der Waals surface area contributed by atoms with Crippen LogP contribution in [0.15, 0.2) is 35.7 Å². The van der Waals surface area contributed by atoms with Gasteiger partial charge in [0, 0.05) is 13.6 Å². The van der Waals surface area contributed by atoms with Gasteiger partial charge in [-0.15, -0.1) is 6.58 Å². The summed E-state index contributed by atoms with van der Waals surface area (Å²) in [7, 11) is -1.13. The highest BCUT2D eigenvalue weighted by molar-refractivity contribution is 7.89. The van der Waals surface area contributed by atoms with E-state index in [0.717, 1.165) is 26.0 Å². The molecule has 0 bridgehead atoms. The van der Waals surface area contributed by atoms with Crippen molar-refractivity contribution in [2.45, 2.75) is 31.6 Å². The lowest BCUT2D eigenvalue weighted by molar-refractivity contribution is 0.0597. The molecule has 0 radical (unpaired) electrons. The van der Waals surface area contributed by atoms with E-state index in [1.807, 2.05) is 13.8 Å². The Morgan fingerprint density at radius 3 is 2.58 bits per heavy atom. The Kier molecular flexibility index (Phi) is 6.57. The van der Waals surface area contributed by atoms with Crippen LogP contribution in [-0.2, 0) is 14.8 Å². The summed E-state index contributed by atoms with van der Waals surface area (Å²) in [5, 5.41) is 9.71. The van der Waals surface area contributed by atoms with Crippen molar-refractivity contribution in [3.63, 3.8) is 0 Å². The zero-order valence-corrected chi connectivity index (χ0v) is 15.4. The van der Waals surface area contributed by atoms with Crippen LogP contribution < -0.4 is 0 Å². The molecule has 1 rings (SSSR count). The Morgan fingerprint density at radius 2 is 2.04 bits per heavy atom. The lowest BCUT2D eigenvalue weighted by atomic mass is 9.88. The Balaban J connectivity index is 3.11. The van der Waals surface area contributed by atoms with Gasteiger partial charge in [0.25, 0.3) is 0 Å². The van der Waals surface area contributed by atoms with Crippen molar-refractivity contribution in [3.8, 4) is 5.75 Å². The van der Waals surface area contributed by atoms with E-state index >= 15 is 0 Å². The number of carbonyl (C=O) groups is 1. The summed E-state index contributed by atoms with van der Waals surface area (Å²) >= 11 is 0. The van der Waals surface area contributed by atoms with E-state index in [0.29, 0.717) is 6.54 Å². The van der Waals surface area contributed by atoms with Crippen LogP contribution in [0.3, 0.4) is 0 Å². The zero-order chi connectivity index (χ0) is 18.5. The van der Waals surface area contributed by atoms with Gasteiger partial charge in [-0.25, -0.2) is 17.5 Å². The number of hydrogen-bond acceptors (Lipinski definition) is 5. The van der Waals surface area contributed by atoms with Crippen LogP contribution in [0.2, 0.25) is 0 Å². The van der Waals surface area contributed by atoms with Gasteiger partial charge in [-0.05, 0) is 36.5 Å². The van der Waals surface area contributed by atoms with Crippen LogP contribution in [-0.4, -0.2) is 44.5 Å². The summed E-state index contributed by atoms with van der Waals surface area (Å²) in [6, 6.07) is 3.57. The van der Waals surface area contributed by atoms with Gasteiger partial charge in [0.05, 0.1) is 12.0 Å². The van der Waals surface area contributed by atoms with E-state index < -0.39 is 16.0 Å². The maximum absolute atomic E-state index is 12.7. The number of esters is 1. The second-order valence-corrected chi connectivity index (χ2v) is 8.47. The summed E-state index contributed by atoms with van der Waals surface area (Å²) in [5.74, 6) is -1.12. The molecule has 0 amide bonds. The molecule has 0 spiro atoms. The van der Waals surface area contributed by atoms with E-state index in [1.165, 1.54) is 23.5 Å². The lowest BCUT2D eigenvalue weighted by Crippen LogP contribution is -2.36. The molecule has 0 aliphatic carbocycles. The third-order valence-electron chi connectivity index (χ3n) is 3.76. The van der Waals surface area contributed by atoms with Crippen LogP contribution in [0.1, 0.15) is 37.0 Å². The SMILES string of the molecule is C=CCCC(C)(C)CN(C)S(=O)(=O)c1ccc(O)c(C(=O)OC)c1. The first-order valence-electron chi connectivity index (χ1n) is 7.54. The topological polar surface area (TPSA) is 83.9 Å².